The van der Waals surface area contributed by atoms with Crippen molar-refractivity contribution in [2.45, 2.75) is 19.5 Å². The maximum atomic E-state index is 12.1. The van der Waals surface area contributed by atoms with Crippen LogP contribution in [0, 0.1) is 10.1 Å². The predicted octanol–water partition coefficient (Wildman–Crippen LogP) is 2.09. The van der Waals surface area contributed by atoms with Crippen LogP contribution in [0.15, 0.2) is 41.8 Å². The normalized spacial score (nSPS) is 11.5. The standard InChI is InChI=1S/C15H15N3O4S/c1-10(14(19)16-9-13-6-3-7-23-13)17-15(20)11-4-2-5-12(8-11)18(21)22/h2-8,10H,9H2,1H3,(H,16,19)(H,17,20). The fraction of sp³-hybridized carbons (Fsp3) is 0.200. The van der Waals surface area contributed by atoms with E-state index in [0.29, 0.717) is 6.54 Å². The summed E-state index contributed by atoms with van der Waals surface area (Å²) in [6.07, 6.45) is 0. The average Bonchev–Trinajstić information content (AvgIpc) is 3.06. The number of amides is 2. The SMILES string of the molecule is CC(NC(=O)c1cccc([N+](=O)[O-])c1)C(=O)NCc1cccs1. The van der Waals surface area contributed by atoms with Crippen LogP contribution in [0.5, 0.6) is 0 Å². The highest BCUT2D eigenvalue weighted by molar-refractivity contribution is 7.09. The first-order valence-corrected chi connectivity index (χ1v) is 7.70. The van der Waals surface area contributed by atoms with E-state index in [-0.39, 0.29) is 17.2 Å². The Morgan fingerprint density at radius 3 is 2.74 bits per heavy atom. The van der Waals surface area contributed by atoms with Crippen molar-refractivity contribution >= 4 is 28.8 Å². The van der Waals surface area contributed by atoms with Crippen LogP contribution in [0.1, 0.15) is 22.2 Å². The Kier molecular flexibility index (Phi) is 5.42. The molecule has 8 heteroatoms. The maximum absolute atomic E-state index is 12.1. The van der Waals surface area contributed by atoms with Crippen molar-refractivity contribution in [3.05, 3.63) is 62.3 Å². The monoisotopic (exact) mass is 333 g/mol. The summed E-state index contributed by atoms with van der Waals surface area (Å²) in [6, 6.07) is 8.39. The molecule has 2 N–H and O–H groups in total. The Morgan fingerprint density at radius 1 is 1.30 bits per heavy atom. The van der Waals surface area contributed by atoms with Crippen LogP contribution >= 0.6 is 11.3 Å². The largest absolute Gasteiger partial charge is 0.349 e. The molecule has 0 saturated carbocycles. The third-order valence-electron chi connectivity index (χ3n) is 3.08. The summed E-state index contributed by atoms with van der Waals surface area (Å²) in [5.41, 5.74) is -0.0374. The molecule has 7 nitrogen and oxygen atoms in total. The number of carbonyl (C=O) groups excluding carboxylic acids is 2. The van der Waals surface area contributed by atoms with Crippen LogP contribution in [0.4, 0.5) is 5.69 Å². The summed E-state index contributed by atoms with van der Waals surface area (Å²) in [4.78, 5) is 35.2. The Bertz CT molecular complexity index is 715. The summed E-state index contributed by atoms with van der Waals surface area (Å²) in [5, 5.41) is 17.9. The second-order valence-electron chi connectivity index (χ2n) is 4.80. The van der Waals surface area contributed by atoms with Gasteiger partial charge >= 0.3 is 0 Å². The molecule has 1 aromatic heterocycles. The lowest BCUT2D eigenvalue weighted by Crippen LogP contribution is -2.44. The van der Waals surface area contributed by atoms with Crippen molar-refractivity contribution in [2.24, 2.45) is 0 Å². The highest BCUT2D eigenvalue weighted by Gasteiger charge is 2.18. The highest BCUT2D eigenvalue weighted by Crippen LogP contribution is 2.13. The fourth-order valence-electron chi connectivity index (χ4n) is 1.85. The molecule has 1 atom stereocenters. The molecular weight excluding hydrogens is 318 g/mol. The Morgan fingerprint density at radius 2 is 2.09 bits per heavy atom. The molecule has 120 valence electrons. The van der Waals surface area contributed by atoms with Crippen molar-refractivity contribution in [1.29, 1.82) is 0 Å². The van der Waals surface area contributed by atoms with Gasteiger partial charge in [-0.3, -0.25) is 19.7 Å². The van der Waals surface area contributed by atoms with E-state index in [9.17, 15) is 19.7 Å². The number of nitrogens with one attached hydrogen (secondary N) is 2. The molecule has 0 aliphatic heterocycles. The summed E-state index contributed by atoms with van der Waals surface area (Å²) in [6.45, 7) is 1.95. The molecule has 1 aromatic carbocycles. The van der Waals surface area contributed by atoms with Crippen LogP contribution in [-0.2, 0) is 11.3 Å². The third kappa shape index (κ3) is 4.62. The molecule has 0 bridgehead atoms. The Balaban J connectivity index is 1.92. The molecule has 1 heterocycles. The van der Waals surface area contributed by atoms with Crippen LogP contribution < -0.4 is 10.6 Å². The lowest BCUT2D eigenvalue weighted by atomic mass is 10.1. The number of carbonyl (C=O) groups is 2. The zero-order chi connectivity index (χ0) is 16.8. The summed E-state index contributed by atoms with van der Waals surface area (Å²) in [5.74, 6) is -0.857. The molecular formula is C15H15N3O4S. The second-order valence-corrected chi connectivity index (χ2v) is 5.83. The molecule has 1 unspecified atom stereocenters. The Hall–Kier alpha value is -2.74. The minimum Gasteiger partial charge on any atom is -0.349 e. The molecule has 0 radical (unpaired) electrons. The minimum absolute atomic E-state index is 0.136. The van der Waals surface area contributed by atoms with Crippen LogP contribution in [0.3, 0.4) is 0 Å². The number of hydrogen-bond acceptors (Lipinski definition) is 5. The van der Waals surface area contributed by atoms with Gasteiger partial charge in [0.2, 0.25) is 5.91 Å². The molecule has 0 saturated heterocycles. The van der Waals surface area contributed by atoms with Gasteiger partial charge in [-0.25, -0.2) is 0 Å². The number of nitrogens with zero attached hydrogens (tertiary/aromatic N) is 1. The number of hydrogen-bond donors (Lipinski definition) is 2. The van der Waals surface area contributed by atoms with Crippen molar-refractivity contribution in [1.82, 2.24) is 10.6 Å². The predicted molar refractivity (Wildman–Crippen MR) is 86.2 cm³/mol. The number of rotatable bonds is 6. The summed E-state index contributed by atoms with van der Waals surface area (Å²) >= 11 is 1.53. The van der Waals surface area contributed by atoms with E-state index in [2.05, 4.69) is 10.6 Å². The van der Waals surface area contributed by atoms with Gasteiger partial charge in [0.1, 0.15) is 6.04 Å². The first kappa shape index (κ1) is 16.6. The molecule has 23 heavy (non-hydrogen) atoms. The van der Waals surface area contributed by atoms with Crippen LogP contribution in [0.25, 0.3) is 0 Å². The second kappa shape index (κ2) is 7.50. The number of benzene rings is 1. The zero-order valence-electron chi connectivity index (χ0n) is 12.3. The van der Waals surface area contributed by atoms with E-state index < -0.39 is 16.9 Å². The molecule has 0 fully saturated rings. The van der Waals surface area contributed by atoms with Gasteiger partial charge in [-0.15, -0.1) is 11.3 Å². The van der Waals surface area contributed by atoms with Gasteiger partial charge in [-0.2, -0.15) is 0 Å². The van der Waals surface area contributed by atoms with E-state index >= 15 is 0 Å². The first-order chi connectivity index (χ1) is 11.0. The first-order valence-electron chi connectivity index (χ1n) is 6.83. The van der Waals surface area contributed by atoms with Gasteiger partial charge in [-0.05, 0) is 24.4 Å². The number of nitro benzene ring substituents is 1. The lowest BCUT2D eigenvalue weighted by molar-refractivity contribution is -0.384. The van der Waals surface area contributed by atoms with Gasteiger partial charge < -0.3 is 10.6 Å². The van der Waals surface area contributed by atoms with E-state index in [1.54, 1.807) is 6.92 Å². The molecule has 2 aromatic rings. The molecule has 2 rings (SSSR count). The van der Waals surface area contributed by atoms with E-state index in [1.165, 1.54) is 35.6 Å². The van der Waals surface area contributed by atoms with E-state index in [1.807, 2.05) is 17.5 Å². The Labute approximate surface area is 136 Å². The quantitative estimate of drug-likeness (QED) is 0.624. The number of non-ortho nitro benzene ring substituents is 1. The van der Waals surface area contributed by atoms with E-state index in [0.717, 1.165) is 4.88 Å². The van der Waals surface area contributed by atoms with Crippen molar-refractivity contribution in [3.63, 3.8) is 0 Å². The van der Waals surface area contributed by atoms with Crippen molar-refractivity contribution in [3.8, 4) is 0 Å². The van der Waals surface area contributed by atoms with Crippen molar-refractivity contribution in [2.75, 3.05) is 0 Å². The van der Waals surface area contributed by atoms with Gasteiger partial charge in [0.05, 0.1) is 11.5 Å². The van der Waals surface area contributed by atoms with E-state index in [4.69, 9.17) is 0 Å². The fourth-order valence-corrected chi connectivity index (χ4v) is 2.49. The molecule has 0 aliphatic carbocycles. The summed E-state index contributed by atoms with van der Waals surface area (Å²) in [7, 11) is 0. The smallest absolute Gasteiger partial charge is 0.270 e. The van der Waals surface area contributed by atoms with Gasteiger partial charge in [0, 0.05) is 22.6 Å². The molecule has 0 aliphatic rings. The van der Waals surface area contributed by atoms with Crippen LogP contribution in [-0.4, -0.2) is 22.8 Å². The minimum atomic E-state index is -0.748. The average molecular weight is 333 g/mol. The molecule has 2 amide bonds. The van der Waals surface area contributed by atoms with Gasteiger partial charge in [-0.1, -0.05) is 12.1 Å². The number of nitro groups is 1. The maximum Gasteiger partial charge on any atom is 0.270 e. The lowest BCUT2D eigenvalue weighted by Gasteiger charge is -2.13. The van der Waals surface area contributed by atoms with Crippen LogP contribution in [0.2, 0.25) is 0 Å². The summed E-state index contributed by atoms with van der Waals surface area (Å²) < 4.78 is 0. The van der Waals surface area contributed by atoms with Gasteiger partial charge in [0.25, 0.3) is 11.6 Å². The highest BCUT2D eigenvalue weighted by atomic mass is 32.1. The third-order valence-corrected chi connectivity index (χ3v) is 3.95. The topological polar surface area (TPSA) is 101 Å². The van der Waals surface area contributed by atoms with Crippen molar-refractivity contribution < 1.29 is 14.5 Å². The van der Waals surface area contributed by atoms with Gasteiger partial charge in [0.15, 0.2) is 0 Å². The number of thiophene rings is 1. The zero-order valence-corrected chi connectivity index (χ0v) is 13.1. The molecule has 0 spiro atoms.